The molecular weight excluding hydrogens is 444 g/mol. The van der Waals surface area contributed by atoms with Crippen LogP contribution in [0.3, 0.4) is 0 Å². The summed E-state index contributed by atoms with van der Waals surface area (Å²) < 4.78 is 11.3. The molecule has 0 radical (unpaired) electrons. The molecule has 2 saturated heterocycles. The number of anilines is 2. The Morgan fingerprint density at radius 1 is 1.03 bits per heavy atom. The zero-order valence-electron chi connectivity index (χ0n) is 20.4. The fourth-order valence-electron chi connectivity index (χ4n) is 4.80. The molecule has 1 spiro atoms. The van der Waals surface area contributed by atoms with Gasteiger partial charge >= 0.3 is 6.03 Å². The molecule has 5 rings (SSSR count). The van der Waals surface area contributed by atoms with Gasteiger partial charge in [-0.1, -0.05) is 44.2 Å². The van der Waals surface area contributed by atoms with E-state index in [1.165, 1.54) is 0 Å². The quantitative estimate of drug-likeness (QED) is 0.521. The Labute approximate surface area is 204 Å². The number of hydrogen-bond acceptors (Lipinski definition) is 7. The zero-order valence-corrected chi connectivity index (χ0v) is 20.4. The maximum absolute atomic E-state index is 13.0. The number of nitrogens with zero attached hydrogens (tertiary/aromatic N) is 4. The summed E-state index contributed by atoms with van der Waals surface area (Å²) in [5.74, 6) is 3.06. The van der Waals surface area contributed by atoms with Gasteiger partial charge in [0.25, 0.3) is 0 Å². The van der Waals surface area contributed by atoms with Crippen molar-refractivity contribution in [1.29, 1.82) is 0 Å². The molecule has 2 aliphatic rings. The molecule has 9 heteroatoms. The number of aromatic nitrogens is 3. The molecule has 1 aromatic heterocycles. The highest BCUT2D eigenvalue weighted by atomic mass is 16.5. The summed E-state index contributed by atoms with van der Waals surface area (Å²) in [6.07, 6.45) is 0. The second-order valence-corrected chi connectivity index (χ2v) is 9.49. The summed E-state index contributed by atoms with van der Waals surface area (Å²) in [7, 11) is 0. The van der Waals surface area contributed by atoms with Crippen LogP contribution in [0.4, 0.5) is 16.7 Å². The number of nitrogens with one attached hydrogen (secondary N) is 2. The smallest absolute Gasteiger partial charge is 0.325 e. The molecule has 35 heavy (non-hydrogen) atoms. The SMILES string of the molecule is Cc1nc(N[C@@H](C)c2ccc(Oc3ccccc3)cc2)nc(N2C(=O)NC3(COC3)C2C(C)C)n1. The number of carbonyl (C=O) groups is 1. The third-order valence-corrected chi connectivity index (χ3v) is 6.43. The van der Waals surface area contributed by atoms with E-state index >= 15 is 0 Å². The van der Waals surface area contributed by atoms with Crippen molar-refractivity contribution in [1.82, 2.24) is 20.3 Å². The molecule has 0 aliphatic carbocycles. The highest BCUT2D eigenvalue weighted by Gasteiger charge is 2.58. The van der Waals surface area contributed by atoms with Gasteiger partial charge in [0.1, 0.15) is 22.9 Å². The van der Waals surface area contributed by atoms with Crippen molar-refractivity contribution in [3.05, 3.63) is 66.0 Å². The van der Waals surface area contributed by atoms with Gasteiger partial charge in [-0.05, 0) is 49.6 Å². The van der Waals surface area contributed by atoms with Gasteiger partial charge in [0.15, 0.2) is 0 Å². The Balaban J connectivity index is 1.33. The zero-order chi connectivity index (χ0) is 24.6. The van der Waals surface area contributed by atoms with Crippen LogP contribution in [-0.4, -0.2) is 45.8 Å². The van der Waals surface area contributed by atoms with E-state index in [4.69, 9.17) is 9.47 Å². The number of ether oxygens (including phenoxy) is 2. The maximum Gasteiger partial charge on any atom is 0.325 e. The molecule has 2 atom stereocenters. The van der Waals surface area contributed by atoms with Crippen molar-refractivity contribution in [2.75, 3.05) is 23.4 Å². The number of aryl methyl sites for hydroxylation is 1. The van der Waals surface area contributed by atoms with Gasteiger partial charge in [-0.2, -0.15) is 15.0 Å². The third kappa shape index (κ3) is 4.51. The Morgan fingerprint density at radius 2 is 1.71 bits per heavy atom. The molecule has 2 aliphatic heterocycles. The molecule has 0 saturated carbocycles. The fraction of sp³-hybridized carbons (Fsp3) is 0.385. The number of rotatable bonds is 7. The second-order valence-electron chi connectivity index (χ2n) is 9.49. The van der Waals surface area contributed by atoms with Crippen LogP contribution in [0.5, 0.6) is 11.5 Å². The van der Waals surface area contributed by atoms with Gasteiger partial charge in [-0.15, -0.1) is 0 Å². The largest absolute Gasteiger partial charge is 0.457 e. The lowest BCUT2D eigenvalue weighted by atomic mass is 9.82. The summed E-state index contributed by atoms with van der Waals surface area (Å²) >= 11 is 0. The summed E-state index contributed by atoms with van der Waals surface area (Å²) in [5.41, 5.74) is 0.658. The van der Waals surface area contributed by atoms with Gasteiger partial charge in [-0.25, -0.2) is 4.79 Å². The van der Waals surface area contributed by atoms with Gasteiger partial charge in [0.2, 0.25) is 11.9 Å². The third-order valence-electron chi connectivity index (χ3n) is 6.43. The maximum atomic E-state index is 13.0. The first-order chi connectivity index (χ1) is 16.8. The van der Waals surface area contributed by atoms with E-state index in [9.17, 15) is 4.79 Å². The first-order valence-corrected chi connectivity index (χ1v) is 11.9. The minimum Gasteiger partial charge on any atom is -0.457 e. The minimum absolute atomic E-state index is 0.0740. The molecule has 2 N–H and O–H groups in total. The number of benzene rings is 2. The first-order valence-electron chi connectivity index (χ1n) is 11.9. The lowest BCUT2D eigenvalue weighted by Crippen LogP contribution is -2.65. The minimum atomic E-state index is -0.393. The predicted molar refractivity (Wildman–Crippen MR) is 133 cm³/mol. The van der Waals surface area contributed by atoms with E-state index in [2.05, 4.69) is 39.4 Å². The van der Waals surface area contributed by atoms with Gasteiger partial charge in [0, 0.05) is 0 Å². The van der Waals surface area contributed by atoms with E-state index in [0.29, 0.717) is 30.9 Å². The van der Waals surface area contributed by atoms with E-state index in [0.717, 1.165) is 17.1 Å². The van der Waals surface area contributed by atoms with E-state index in [1.807, 2.05) is 61.5 Å². The van der Waals surface area contributed by atoms with Crippen molar-refractivity contribution < 1.29 is 14.3 Å². The topological polar surface area (TPSA) is 102 Å². The average molecular weight is 475 g/mol. The van der Waals surface area contributed by atoms with Crippen molar-refractivity contribution in [3.63, 3.8) is 0 Å². The number of para-hydroxylation sites is 1. The molecule has 3 aromatic rings. The highest BCUT2D eigenvalue weighted by Crippen LogP contribution is 2.37. The normalized spacial score (nSPS) is 19.4. The van der Waals surface area contributed by atoms with Crippen molar-refractivity contribution in [3.8, 4) is 11.5 Å². The summed E-state index contributed by atoms with van der Waals surface area (Å²) in [4.78, 5) is 28.2. The average Bonchev–Trinajstić information content (AvgIpc) is 3.14. The Kier molecular flexibility index (Phi) is 6.02. The number of amides is 2. The molecule has 2 fully saturated rings. The first kappa shape index (κ1) is 23.0. The Bertz CT molecular complexity index is 1200. The molecule has 1 unspecified atom stereocenters. The van der Waals surface area contributed by atoms with Gasteiger partial charge < -0.3 is 20.1 Å². The van der Waals surface area contributed by atoms with Crippen LogP contribution in [0.2, 0.25) is 0 Å². The fourth-order valence-corrected chi connectivity index (χ4v) is 4.80. The van der Waals surface area contributed by atoms with Crippen molar-refractivity contribution in [2.24, 2.45) is 5.92 Å². The standard InChI is InChI=1S/C26H30N6O3/c1-16(2)22-26(14-34-15-26)31-25(33)32(22)24-29-18(4)28-23(30-24)27-17(3)19-10-12-21(13-11-19)35-20-8-6-5-7-9-20/h5-13,16-17,22H,14-15H2,1-4H3,(H,31,33)(H,27,28,29,30)/t17-,22?/m0/s1. The van der Waals surface area contributed by atoms with E-state index in [1.54, 1.807) is 11.8 Å². The van der Waals surface area contributed by atoms with Gasteiger partial charge in [0.05, 0.1) is 25.3 Å². The molecule has 2 amide bonds. The second kappa shape index (κ2) is 9.14. The van der Waals surface area contributed by atoms with Crippen LogP contribution in [0.15, 0.2) is 54.6 Å². The molecule has 182 valence electrons. The summed E-state index contributed by atoms with van der Waals surface area (Å²) in [6.45, 7) is 9.02. The van der Waals surface area contributed by atoms with Crippen LogP contribution in [0.1, 0.15) is 38.2 Å². The molecule has 0 bridgehead atoms. The Hall–Kier alpha value is -3.72. The van der Waals surface area contributed by atoms with Crippen molar-refractivity contribution in [2.45, 2.75) is 45.3 Å². The lowest BCUT2D eigenvalue weighted by molar-refractivity contribution is -0.0758. The molecule has 3 heterocycles. The Morgan fingerprint density at radius 3 is 2.34 bits per heavy atom. The number of hydrogen-bond donors (Lipinski definition) is 2. The molecular formula is C26H30N6O3. The van der Waals surface area contributed by atoms with Crippen LogP contribution < -0.4 is 20.3 Å². The summed E-state index contributed by atoms with van der Waals surface area (Å²) in [6, 6.07) is 17.2. The molecule has 9 nitrogen and oxygen atoms in total. The van der Waals surface area contributed by atoms with E-state index < -0.39 is 5.54 Å². The van der Waals surface area contributed by atoms with Gasteiger partial charge in [-0.3, -0.25) is 4.90 Å². The predicted octanol–water partition coefficient (Wildman–Crippen LogP) is 4.47. The van der Waals surface area contributed by atoms with Crippen LogP contribution in [0, 0.1) is 12.8 Å². The monoisotopic (exact) mass is 474 g/mol. The van der Waals surface area contributed by atoms with Crippen LogP contribution in [-0.2, 0) is 4.74 Å². The van der Waals surface area contributed by atoms with E-state index in [-0.39, 0.29) is 24.0 Å². The highest BCUT2D eigenvalue weighted by molar-refractivity contribution is 5.95. The lowest BCUT2D eigenvalue weighted by Gasteiger charge is -2.44. The summed E-state index contributed by atoms with van der Waals surface area (Å²) in [5, 5.41) is 6.46. The van der Waals surface area contributed by atoms with Crippen LogP contribution >= 0.6 is 0 Å². The van der Waals surface area contributed by atoms with Crippen LogP contribution in [0.25, 0.3) is 0 Å². The number of urea groups is 1. The van der Waals surface area contributed by atoms with Crippen molar-refractivity contribution >= 4 is 17.9 Å². The molecule has 2 aromatic carbocycles. The number of carbonyl (C=O) groups excluding carboxylic acids is 1.